The van der Waals surface area contributed by atoms with E-state index in [9.17, 15) is 9.18 Å². The lowest BCUT2D eigenvalue weighted by Gasteiger charge is -2.11. The number of hydrogen-bond acceptors (Lipinski definition) is 2. The molecule has 0 bridgehead atoms. The van der Waals surface area contributed by atoms with Crippen molar-refractivity contribution in [2.75, 3.05) is 0 Å². The molecule has 1 aromatic heterocycles. The number of carbonyl (C=O) groups excluding carboxylic acids is 1. The molecule has 4 nitrogen and oxygen atoms in total. The molecule has 1 amide bonds. The highest BCUT2D eigenvalue weighted by Gasteiger charge is 2.21. The number of aryl methyl sites for hydroxylation is 1. The summed E-state index contributed by atoms with van der Waals surface area (Å²) in [6.45, 7) is 0.292. The lowest BCUT2D eigenvalue weighted by molar-refractivity contribution is 0.0945. The molecule has 110 valence electrons. The van der Waals surface area contributed by atoms with E-state index in [0.717, 1.165) is 42.5 Å². The molecule has 1 aromatic carbocycles. The van der Waals surface area contributed by atoms with E-state index in [1.54, 1.807) is 6.07 Å². The Morgan fingerprint density at radius 1 is 1.38 bits per heavy atom. The van der Waals surface area contributed by atoms with Crippen molar-refractivity contribution >= 4 is 17.5 Å². The van der Waals surface area contributed by atoms with E-state index in [1.807, 2.05) is 0 Å². The molecule has 3 rings (SSSR count). The van der Waals surface area contributed by atoms with Gasteiger partial charge in [-0.25, -0.2) is 4.39 Å². The van der Waals surface area contributed by atoms with Gasteiger partial charge in [-0.15, -0.1) is 0 Å². The molecule has 0 atom stereocenters. The summed E-state index contributed by atoms with van der Waals surface area (Å²) >= 11 is 5.72. The lowest BCUT2D eigenvalue weighted by Crippen LogP contribution is -2.24. The van der Waals surface area contributed by atoms with Crippen LogP contribution in [0.15, 0.2) is 18.2 Å². The first-order valence-electron chi connectivity index (χ1n) is 6.93. The maximum atomic E-state index is 13.1. The molecule has 1 heterocycles. The average Bonchev–Trinajstić information content (AvgIpc) is 2.92. The van der Waals surface area contributed by atoms with Crippen LogP contribution in [-0.4, -0.2) is 16.1 Å². The van der Waals surface area contributed by atoms with Gasteiger partial charge in [0.25, 0.3) is 5.91 Å². The number of benzene rings is 1. The number of amides is 1. The molecule has 0 saturated carbocycles. The van der Waals surface area contributed by atoms with E-state index in [1.165, 1.54) is 12.1 Å². The predicted molar refractivity (Wildman–Crippen MR) is 77.8 cm³/mol. The molecule has 21 heavy (non-hydrogen) atoms. The van der Waals surface area contributed by atoms with Gasteiger partial charge in [0, 0.05) is 17.8 Å². The van der Waals surface area contributed by atoms with Crippen molar-refractivity contribution in [3.8, 4) is 0 Å². The summed E-state index contributed by atoms with van der Waals surface area (Å²) in [5.41, 5.74) is 3.31. The largest absolute Gasteiger partial charge is 0.347 e. The van der Waals surface area contributed by atoms with Crippen LogP contribution in [0.25, 0.3) is 0 Å². The van der Waals surface area contributed by atoms with Gasteiger partial charge < -0.3 is 5.32 Å². The summed E-state index contributed by atoms with van der Waals surface area (Å²) in [7, 11) is 0. The van der Waals surface area contributed by atoms with E-state index in [-0.39, 0.29) is 10.9 Å². The van der Waals surface area contributed by atoms with Crippen molar-refractivity contribution in [3.05, 3.63) is 51.6 Å². The zero-order valence-corrected chi connectivity index (χ0v) is 12.1. The number of carbonyl (C=O) groups is 1. The second kappa shape index (κ2) is 5.85. The third-order valence-corrected chi connectivity index (χ3v) is 4.00. The molecule has 1 aliphatic carbocycles. The number of rotatable bonds is 3. The van der Waals surface area contributed by atoms with Gasteiger partial charge in [-0.3, -0.25) is 9.89 Å². The molecule has 2 N–H and O–H groups in total. The number of hydrogen-bond donors (Lipinski definition) is 2. The molecule has 1 aliphatic rings. The maximum absolute atomic E-state index is 13.1. The minimum absolute atomic E-state index is 0.0545. The highest BCUT2D eigenvalue weighted by atomic mass is 35.5. The normalized spacial score (nSPS) is 13.8. The number of fused-ring (bicyclic) bond motifs is 1. The Kier molecular flexibility index (Phi) is 3.92. The fourth-order valence-corrected chi connectivity index (χ4v) is 2.79. The average molecular weight is 308 g/mol. The van der Waals surface area contributed by atoms with E-state index < -0.39 is 5.82 Å². The third kappa shape index (κ3) is 2.93. The molecular formula is C15H15ClFN3O. The molecular weight excluding hydrogens is 293 g/mol. The van der Waals surface area contributed by atoms with Crippen molar-refractivity contribution in [1.29, 1.82) is 0 Å². The van der Waals surface area contributed by atoms with Crippen molar-refractivity contribution in [3.63, 3.8) is 0 Å². The Morgan fingerprint density at radius 2 is 2.19 bits per heavy atom. The summed E-state index contributed by atoms with van der Waals surface area (Å²) in [5.74, 6) is -0.678. The van der Waals surface area contributed by atoms with Crippen molar-refractivity contribution < 1.29 is 9.18 Å². The number of aromatic amines is 1. The topological polar surface area (TPSA) is 57.8 Å². The summed E-state index contributed by atoms with van der Waals surface area (Å²) in [6.07, 6.45) is 4.05. The van der Waals surface area contributed by atoms with Crippen LogP contribution in [0.5, 0.6) is 0 Å². The van der Waals surface area contributed by atoms with Gasteiger partial charge in [-0.2, -0.15) is 5.10 Å². The van der Waals surface area contributed by atoms with Gasteiger partial charge in [0.05, 0.1) is 5.02 Å². The minimum atomic E-state index is -0.465. The Labute approximate surface area is 126 Å². The van der Waals surface area contributed by atoms with Gasteiger partial charge in [-0.05, 0) is 43.4 Å². The van der Waals surface area contributed by atoms with Crippen LogP contribution < -0.4 is 5.32 Å². The SMILES string of the molecule is O=C(NCc1ccc(F)c(Cl)c1)c1n[nH]c2c1CCCC2. The third-order valence-electron chi connectivity index (χ3n) is 3.71. The Balaban J connectivity index is 1.69. The number of nitrogens with one attached hydrogen (secondary N) is 2. The molecule has 0 spiro atoms. The number of H-pyrrole nitrogens is 1. The zero-order chi connectivity index (χ0) is 14.8. The van der Waals surface area contributed by atoms with E-state index in [0.29, 0.717) is 12.2 Å². The summed E-state index contributed by atoms with van der Waals surface area (Å²) in [5, 5.41) is 9.91. The highest BCUT2D eigenvalue weighted by Crippen LogP contribution is 2.22. The van der Waals surface area contributed by atoms with E-state index >= 15 is 0 Å². The van der Waals surface area contributed by atoms with Crippen molar-refractivity contribution in [2.24, 2.45) is 0 Å². The molecule has 0 saturated heterocycles. The second-order valence-electron chi connectivity index (χ2n) is 5.17. The minimum Gasteiger partial charge on any atom is -0.347 e. The Hall–Kier alpha value is -1.88. The lowest BCUT2D eigenvalue weighted by atomic mass is 9.96. The van der Waals surface area contributed by atoms with Gasteiger partial charge >= 0.3 is 0 Å². The van der Waals surface area contributed by atoms with Crippen LogP contribution in [0, 0.1) is 5.82 Å². The molecule has 2 aromatic rings. The molecule has 0 unspecified atom stereocenters. The van der Waals surface area contributed by atoms with Gasteiger partial charge in [0.2, 0.25) is 0 Å². The zero-order valence-electron chi connectivity index (χ0n) is 11.4. The molecule has 6 heteroatoms. The van der Waals surface area contributed by atoms with Crippen LogP contribution in [-0.2, 0) is 19.4 Å². The first kappa shape index (κ1) is 14.1. The van der Waals surface area contributed by atoms with E-state index in [4.69, 9.17) is 11.6 Å². The van der Waals surface area contributed by atoms with Crippen LogP contribution in [0.3, 0.4) is 0 Å². The predicted octanol–water partition coefficient (Wildman–Crippen LogP) is 3.01. The van der Waals surface area contributed by atoms with Gasteiger partial charge in [0.1, 0.15) is 5.82 Å². The summed E-state index contributed by atoms with van der Waals surface area (Å²) in [6, 6.07) is 4.40. The first-order chi connectivity index (χ1) is 10.1. The summed E-state index contributed by atoms with van der Waals surface area (Å²) < 4.78 is 13.1. The second-order valence-corrected chi connectivity index (χ2v) is 5.57. The number of nitrogens with zero attached hydrogens (tertiary/aromatic N) is 1. The molecule has 0 aliphatic heterocycles. The standard InChI is InChI=1S/C15H15ClFN3O/c16-11-7-9(5-6-12(11)17)8-18-15(21)14-10-3-1-2-4-13(10)19-20-14/h5-7H,1-4,8H2,(H,18,21)(H,19,20). The molecule has 0 radical (unpaired) electrons. The number of aromatic nitrogens is 2. The smallest absolute Gasteiger partial charge is 0.272 e. The van der Waals surface area contributed by atoms with Crippen LogP contribution >= 0.6 is 11.6 Å². The monoisotopic (exact) mass is 307 g/mol. The maximum Gasteiger partial charge on any atom is 0.272 e. The number of halogens is 2. The van der Waals surface area contributed by atoms with Crippen molar-refractivity contribution in [2.45, 2.75) is 32.2 Å². The fraction of sp³-hybridized carbons (Fsp3) is 0.333. The highest BCUT2D eigenvalue weighted by molar-refractivity contribution is 6.30. The van der Waals surface area contributed by atoms with Crippen LogP contribution in [0.2, 0.25) is 5.02 Å². The van der Waals surface area contributed by atoms with Crippen LogP contribution in [0.4, 0.5) is 4.39 Å². The van der Waals surface area contributed by atoms with Crippen molar-refractivity contribution in [1.82, 2.24) is 15.5 Å². The summed E-state index contributed by atoms with van der Waals surface area (Å²) in [4.78, 5) is 12.2. The molecule has 0 fully saturated rings. The quantitative estimate of drug-likeness (QED) is 0.916. The van der Waals surface area contributed by atoms with Gasteiger partial charge in [-0.1, -0.05) is 17.7 Å². The Morgan fingerprint density at radius 3 is 3.00 bits per heavy atom. The first-order valence-corrected chi connectivity index (χ1v) is 7.31. The fourth-order valence-electron chi connectivity index (χ4n) is 2.58. The van der Waals surface area contributed by atoms with E-state index in [2.05, 4.69) is 15.5 Å². The Bertz CT molecular complexity index is 684. The van der Waals surface area contributed by atoms with Crippen LogP contribution in [0.1, 0.15) is 40.2 Å². The van der Waals surface area contributed by atoms with Gasteiger partial charge in [0.15, 0.2) is 5.69 Å².